The number of hydrogen-bond donors (Lipinski definition) is 2. The summed E-state index contributed by atoms with van der Waals surface area (Å²) >= 11 is 0. The van der Waals surface area contributed by atoms with Gasteiger partial charge in [-0.1, -0.05) is 0 Å². The molecule has 6 nitrogen and oxygen atoms in total. The number of ether oxygens (including phenoxy) is 1. The molecule has 2 N–H and O–H groups in total. The fourth-order valence-corrected chi connectivity index (χ4v) is 0.297. The molecule has 0 aromatic carbocycles. The second kappa shape index (κ2) is 8.18. The first-order valence-electron chi connectivity index (χ1n) is 3.85. The number of aliphatic hydroxyl groups is 1. The molecule has 0 spiro atoms. The van der Waals surface area contributed by atoms with Gasteiger partial charge >= 0.3 is 11.9 Å². The van der Waals surface area contributed by atoms with E-state index in [2.05, 4.69) is 4.74 Å². The highest BCUT2D eigenvalue weighted by molar-refractivity contribution is 6.32. The van der Waals surface area contributed by atoms with E-state index in [1.165, 1.54) is 6.92 Å². The van der Waals surface area contributed by atoms with Gasteiger partial charge in [0.25, 0.3) is 0 Å². The van der Waals surface area contributed by atoms with E-state index in [1.807, 2.05) is 0 Å². The summed E-state index contributed by atoms with van der Waals surface area (Å²) in [6.07, 6.45) is -0.207. The lowest BCUT2D eigenvalue weighted by Crippen LogP contribution is -2.17. The number of esters is 1. The zero-order valence-electron chi connectivity index (χ0n) is 8.31. The van der Waals surface area contributed by atoms with Crippen molar-refractivity contribution in [2.24, 2.45) is 0 Å². The lowest BCUT2D eigenvalue weighted by Gasteiger charge is -2.03. The molecule has 0 heterocycles. The number of ketones is 1. The average Bonchev–Trinajstić information content (AvgIpc) is 2.04. The van der Waals surface area contributed by atoms with E-state index in [4.69, 9.17) is 15.0 Å². The van der Waals surface area contributed by atoms with Gasteiger partial charge in [-0.05, 0) is 13.8 Å². The molecule has 82 valence electrons. The lowest BCUT2D eigenvalue weighted by molar-refractivity contribution is -0.155. The van der Waals surface area contributed by atoms with Crippen molar-refractivity contribution in [2.45, 2.75) is 26.9 Å². The summed E-state index contributed by atoms with van der Waals surface area (Å²) in [5, 5.41) is 15.0. The van der Waals surface area contributed by atoms with E-state index in [-0.39, 0.29) is 6.10 Å². The molecule has 0 fully saturated rings. The smallest absolute Gasteiger partial charge is 0.374 e. The van der Waals surface area contributed by atoms with Gasteiger partial charge in [-0.25, -0.2) is 9.59 Å². The van der Waals surface area contributed by atoms with E-state index >= 15 is 0 Å². The molecular weight excluding hydrogens is 192 g/mol. The molecule has 0 bridgehead atoms. The third kappa shape index (κ3) is 13.2. The second-order valence-electron chi connectivity index (χ2n) is 2.56. The van der Waals surface area contributed by atoms with Crippen LogP contribution >= 0.6 is 0 Å². The zero-order chi connectivity index (χ0) is 11.7. The van der Waals surface area contributed by atoms with Gasteiger partial charge in [0.15, 0.2) is 0 Å². The number of carboxylic acids is 1. The van der Waals surface area contributed by atoms with Crippen molar-refractivity contribution in [3.05, 3.63) is 0 Å². The maximum Gasteiger partial charge on any atom is 0.374 e. The number of aliphatic hydroxyl groups excluding tert-OH is 1. The van der Waals surface area contributed by atoms with E-state index in [9.17, 15) is 9.59 Å². The van der Waals surface area contributed by atoms with Gasteiger partial charge in [0.05, 0.1) is 6.10 Å². The van der Waals surface area contributed by atoms with Crippen molar-refractivity contribution in [3.63, 3.8) is 0 Å². The highest BCUT2D eigenvalue weighted by Crippen LogP contribution is 1.88. The first kappa shape index (κ1) is 15.1. The predicted molar refractivity (Wildman–Crippen MR) is 46.6 cm³/mol. The second-order valence-corrected chi connectivity index (χ2v) is 2.56. The Morgan fingerprint density at radius 1 is 1.29 bits per heavy atom. The minimum absolute atomic E-state index is 0.207. The summed E-state index contributed by atoms with van der Waals surface area (Å²) in [5.41, 5.74) is 0. The van der Waals surface area contributed by atoms with Crippen LogP contribution in [-0.2, 0) is 19.1 Å². The van der Waals surface area contributed by atoms with Crippen molar-refractivity contribution >= 4 is 17.7 Å². The number of rotatable bonds is 3. The van der Waals surface area contributed by atoms with Crippen molar-refractivity contribution in [3.8, 4) is 0 Å². The van der Waals surface area contributed by atoms with Crippen LogP contribution in [0, 0.1) is 0 Å². The molecule has 0 aliphatic carbocycles. The number of carboxylic acid groups (broad SMARTS) is 1. The van der Waals surface area contributed by atoms with Crippen LogP contribution in [-0.4, -0.2) is 40.6 Å². The van der Waals surface area contributed by atoms with Crippen molar-refractivity contribution in [1.29, 1.82) is 0 Å². The normalized spacial score (nSPS) is 8.64. The predicted octanol–water partition coefficient (Wildman–Crippen LogP) is -0.410. The topological polar surface area (TPSA) is 101 Å². The van der Waals surface area contributed by atoms with E-state index in [0.29, 0.717) is 0 Å². The summed E-state index contributed by atoms with van der Waals surface area (Å²) in [6.45, 7) is 3.80. The highest BCUT2D eigenvalue weighted by atomic mass is 16.5. The van der Waals surface area contributed by atoms with Crippen molar-refractivity contribution in [1.82, 2.24) is 0 Å². The molecule has 0 aliphatic heterocycles. The molecule has 0 rings (SSSR count). The minimum Gasteiger partial charge on any atom is -0.480 e. The Balaban J connectivity index is 0. The third-order valence-corrected chi connectivity index (χ3v) is 0.765. The van der Waals surface area contributed by atoms with Gasteiger partial charge in [0, 0.05) is 6.92 Å². The SMILES string of the molecule is CC(=O)C(=O)OC(C)C.O=C(O)CO. The van der Waals surface area contributed by atoms with Crippen LogP contribution in [0.1, 0.15) is 20.8 Å². The van der Waals surface area contributed by atoms with E-state index in [0.717, 1.165) is 0 Å². The van der Waals surface area contributed by atoms with E-state index < -0.39 is 24.3 Å². The Labute approximate surface area is 81.5 Å². The minimum atomic E-state index is -1.19. The average molecular weight is 206 g/mol. The Morgan fingerprint density at radius 3 is 1.71 bits per heavy atom. The third-order valence-electron chi connectivity index (χ3n) is 0.765. The maximum atomic E-state index is 10.4. The lowest BCUT2D eigenvalue weighted by atomic mass is 10.4. The molecule has 0 unspecified atom stereocenters. The standard InChI is InChI=1S/C6H10O3.C2H4O3/c1-4(2)9-6(8)5(3)7;3-1-2(4)5/h4H,1-3H3;3H,1H2,(H,4,5). The monoisotopic (exact) mass is 206 g/mol. The first-order valence-corrected chi connectivity index (χ1v) is 3.85. The molecule has 0 atom stereocenters. The summed E-state index contributed by atoms with van der Waals surface area (Å²) in [6, 6.07) is 0. The van der Waals surface area contributed by atoms with Crippen molar-refractivity contribution < 1.29 is 29.3 Å². The number of carbonyl (C=O) groups is 3. The molecule has 0 amide bonds. The van der Waals surface area contributed by atoms with Gasteiger partial charge in [0.1, 0.15) is 6.61 Å². The summed E-state index contributed by atoms with van der Waals surface area (Å²) < 4.78 is 4.52. The number of carbonyl (C=O) groups excluding carboxylic acids is 2. The quantitative estimate of drug-likeness (QED) is 0.481. The highest BCUT2D eigenvalue weighted by Gasteiger charge is 2.09. The summed E-state index contributed by atoms with van der Waals surface area (Å²) in [5.74, 6) is -2.50. The van der Waals surface area contributed by atoms with Crippen LogP contribution in [0.25, 0.3) is 0 Å². The van der Waals surface area contributed by atoms with Crippen LogP contribution in [0.15, 0.2) is 0 Å². The molecule has 6 heteroatoms. The molecule has 0 saturated carbocycles. The summed E-state index contributed by atoms with van der Waals surface area (Å²) in [7, 11) is 0. The van der Waals surface area contributed by atoms with Crippen LogP contribution in [0.3, 0.4) is 0 Å². The number of hydrogen-bond acceptors (Lipinski definition) is 5. The Kier molecular flexibility index (Phi) is 8.80. The largest absolute Gasteiger partial charge is 0.480 e. The van der Waals surface area contributed by atoms with Gasteiger partial charge in [-0.2, -0.15) is 0 Å². The molecule has 14 heavy (non-hydrogen) atoms. The van der Waals surface area contributed by atoms with E-state index in [1.54, 1.807) is 13.8 Å². The van der Waals surface area contributed by atoms with Gasteiger partial charge in [0.2, 0.25) is 5.78 Å². The fraction of sp³-hybridized carbons (Fsp3) is 0.625. The molecule has 0 aromatic rings. The van der Waals surface area contributed by atoms with Gasteiger partial charge < -0.3 is 14.9 Å². The molecular formula is C8H14O6. The zero-order valence-corrected chi connectivity index (χ0v) is 8.31. The molecule has 0 radical (unpaired) electrons. The van der Waals surface area contributed by atoms with Crippen LogP contribution < -0.4 is 0 Å². The summed E-state index contributed by atoms with van der Waals surface area (Å²) in [4.78, 5) is 29.7. The van der Waals surface area contributed by atoms with Crippen LogP contribution in [0.5, 0.6) is 0 Å². The number of aliphatic carboxylic acids is 1. The Morgan fingerprint density at radius 2 is 1.64 bits per heavy atom. The van der Waals surface area contributed by atoms with Crippen molar-refractivity contribution in [2.75, 3.05) is 6.61 Å². The number of Topliss-reactive ketones (excluding diaryl/α,β-unsaturated/α-hetero) is 1. The Bertz CT molecular complexity index is 208. The fourth-order valence-electron chi connectivity index (χ4n) is 0.297. The Hall–Kier alpha value is -1.43. The van der Waals surface area contributed by atoms with Crippen LogP contribution in [0.4, 0.5) is 0 Å². The van der Waals surface area contributed by atoms with Crippen LogP contribution in [0.2, 0.25) is 0 Å². The molecule has 0 saturated heterocycles. The van der Waals surface area contributed by atoms with Gasteiger partial charge in [-0.3, -0.25) is 4.79 Å². The molecule has 0 aromatic heterocycles. The molecule has 0 aliphatic rings. The van der Waals surface area contributed by atoms with Gasteiger partial charge in [-0.15, -0.1) is 0 Å². The first-order chi connectivity index (χ1) is 6.31. The maximum absolute atomic E-state index is 10.4.